The molecule has 0 aromatic heterocycles. The highest BCUT2D eigenvalue weighted by Gasteiger charge is 2.63. The Balaban J connectivity index is 0.000000361. The van der Waals surface area contributed by atoms with Crippen molar-refractivity contribution in [2.24, 2.45) is 21.7 Å². The smallest absolute Gasteiger partial charge is 0.385 e. The minimum Gasteiger partial charge on any atom is -0.466 e. The van der Waals surface area contributed by atoms with E-state index in [1.165, 1.54) is 53.9 Å². The molecule has 8 rings (SSSR count). The maximum absolute atomic E-state index is 13.4. The van der Waals surface area contributed by atoms with Crippen LogP contribution in [-0.4, -0.2) is 242 Å². The first-order valence-electron chi connectivity index (χ1n) is 40.8. The molecule has 22 atom stereocenters. The zero-order valence-corrected chi connectivity index (χ0v) is 72.1. The maximum atomic E-state index is 13.4. The van der Waals surface area contributed by atoms with E-state index in [0.29, 0.717) is 25.7 Å². The summed E-state index contributed by atoms with van der Waals surface area (Å²) in [6.45, 7) is 28.4. The molecule has 8 aliphatic rings. The van der Waals surface area contributed by atoms with Crippen molar-refractivity contribution >= 4 is 53.9 Å². The van der Waals surface area contributed by atoms with Gasteiger partial charge in [-0.2, -0.15) is 9.59 Å². The molecule has 0 saturated carbocycles. The van der Waals surface area contributed by atoms with E-state index >= 15 is 0 Å². The molecule has 0 unspecified atom stereocenters. The summed E-state index contributed by atoms with van der Waals surface area (Å²) in [6, 6.07) is 0. The van der Waals surface area contributed by atoms with Gasteiger partial charge in [0.15, 0.2) is 23.8 Å². The maximum Gasteiger partial charge on any atom is 0.385 e. The van der Waals surface area contributed by atoms with Crippen molar-refractivity contribution in [3.63, 3.8) is 0 Å². The second kappa shape index (κ2) is 43.4. The number of hydrogen-bond acceptors (Lipinski definition) is 32. The van der Waals surface area contributed by atoms with Crippen molar-refractivity contribution in [1.29, 1.82) is 0 Å². The Morgan fingerprint density at radius 1 is 0.567 bits per heavy atom. The van der Waals surface area contributed by atoms with Crippen molar-refractivity contribution in [2.75, 3.05) is 14.2 Å². The molecule has 670 valence electrons. The Bertz CT molecular complexity index is 3910. The van der Waals surface area contributed by atoms with E-state index in [2.05, 4.69) is 18.4 Å². The highest BCUT2D eigenvalue weighted by molar-refractivity contribution is 5.89. The number of cyclic esters (lactones) is 2. The molecule has 8 aliphatic heterocycles. The fourth-order valence-electron chi connectivity index (χ4n) is 16.4. The van der Waals surface area contributed by atoms with Gasteiger partial charge in [0.05, 0.1) is 111 Å². The summed E-state index contributed by atoms with van der Waals surface area (Å²) < 4.78 is 83.0. The molecular weight excluding hydrogens is 1570 g/mol. The Labute approximate surface area is 701 Å². The number of carbonyl (C=O) groups is 8. The molecule has 12 bridgehead atoms. The van der Waals surface area contributed by atoms with E-state index in [0.717, 1.165) is 43.2 Å². The molecule has 0 aromatic rings. The van der Waals surface area contributed by atoms with Crippen molar-refractivity contribution in [2.45, 2.75) is 352 Å². The van der Waals surface area contributed by atoms with Crippen LogP contribution in [0.3, 0.4) is 0 Å². The van der Waals surface area contributed by atoms with E-state index in [1.54, 1.807) is 85.8 Å². The molecule has 120 heavy (non-hydrogen) atoms. The van der Waals surface area contributed by atoms with Crippen molar-refractivity contribution in [3.8, 4) is 11.8 Å². The lowest BCUT2D eigenvalue weighted by molar-refractivity contribution is -0.349. The second-order valence-electron chi connectivity index (χ2n) is 34.4. The van der Waals surface area contributed by atoms with E-state index in [9.17, 15) is 79.2 Å². The topological polar surface area (TPSA) is 462 Å². The molecular formula is C88H126O32. The first kappa shape index (κ1) is 101. The van der Waals surface area contributed by atoms with E-state index in [-0.39, 0.29) is 81.5 Å². The second-order valence-corrected chi connectivity index (χ2v) is 34.4. The van der Waals surface area contributed by atoms with Gasteiger partial charge in [-0.25, -0.2) is 19.2 Å². The number of fused-ring (bicyclic) bond motifs is 12. The minimum atomic E-state index is -2.40. The van der Waals surface area contributed by atoms with E-state index in [1.807, 2.05) is 26.0 Å². The van der Waals surface area contributed by atoms with Gasteiger partial charge < -0.3 is 107 Å². The van der Waals surface area contributed by atoms with Crippen LogP contribution < -0.4 is 0 Å². The number of aliphatic hydroxyl groups excluding tert-OH is 4. The van der Waals surface area contributed by atoms with Crippen LogP contribution in [0.2, 0.25) is 0 Å². The Morgan fingerprint density at radius 3 is 1.39 bits per heavy atom. The first-order valence-corrected chi connectivity index (χ1v) is 40.8. The van der Waals surface area contributed by atoms with Crippen LogP contribution in [0.5, 0.6) is 0 Å². The van der Waals surface area contributed by atoms with Gasteiger partial charge in [-0.15, -0.1) is 0 Å². The number of rotatable bonds is 12. The van der Waals surface area contributed by atoms with Gasteiger partial charge in [0, 0.05) is 100 Å². The summed E-state index contributed by atoms with van der Waals surface area (Å²) in [4.78, 5) is 119. The number of hydrogen-bond donors (Lipinski definition) is 8. The predicted molar refractivity (Wildman–Crippen MR) is 425 cm³/mol. The van der Waals surface area contributed by atoms with Gasteiger partial charge >= 0.3 is 53.9 Å². The van der Waals surface area contributed by atoms with Crippen molar-refractivity contribution in [1.82, 2.24) is 0 Å². The monoisotopic (exact) mass is 1690 g/mol. The van der Waals surface area contributed by atoms with Crippen LogP contribution in [0, 0.1) is 33.5 Å². The summed E-state index contributed by atoms with van der Waals surface area (Å²) in [5, 5.41) is 94.2. The zero-order chi connectivity index (χ0) is 89.8. The van der Waals surface area contributed by atoms with Gasteiger partial charge in [0.2, 0.25) is 11.6 Å². The molecule has 0 radical (unpaired) electrons. The average molecular weight is 1700 g/mol. The molecule has 6 fully saturated rings. The van der Waals surface area contributed by atoms with Gasteiger partial charge in [-0.1, -0.05) is 141 Å². The number of esters is 8. The van der Waals surface area contributed by atoms with Gasteiger partial charge in [0.25, 0.3) is 0 Å². The number of carbonyl (C=O) groups excluding carboxylic acids is 10. The quantitative estimate of drug-likeness (QED) is 0.0179. The molecule has 6 saturated heterocycles. The molecule has 0 aromatic carbocycles. The Kier molecular flexibility index (Phi) is 36.5. The summed E-state index contributed by atoms with van der Waals surface area (Å²) in [5.41, 5.74) is -3.04. The predicted octanol–water partition coefficient (Wildman–Crippen LogP) is 7.39. The summed E-state index contributed by atoms with van der Waals surface area (Å²) in [5.74, 6) is -10.2. The third-order valence-electron chi connectivity index (χ3n) is 23.5. The fourth-order valence-corrected chi connectivity index (χ4v) is 16.4. The zero-order valence-electron chi connectivity index (χ0n) is 72.1. The fraction of sp³-hybridized carbons (Fsp3) is 0.693. The SMILES string of the molecule is C/C=C1\C[C@H]2C[C@]3(O)O[C@H](C[C@H](O)CC(=O)O[C@@H]([C@@H](C)O)C[C@@H]4C/C(=C\C(=O)OC)[C@H](OC(=O)/C=C/C=C/CCC)[C@@](O)(O4)C(C)(C)/C=C/[C@@H](C1)O2)C[C@H](OC(C)=O)C3(C)C.C=C1C[C@H]2C[C@]3(O)O[C@H](C[C@H](O)CC(=O)O[C@@H]([C@@H](C)O)C[C@@H]4C/C(=C\C(=O)OC)[C@H](OC(=O)C#CC)[C@@](O)(O4)C(C)(C)/C=C/[C@@H](C1)O2)C[C@H](OC(C)=O)C3(C)C.O=C=O. The van der Waals surface area contributed by atoms with Crippen LogP contribution in [-0.2, 0) is 114 Å². The molecule has 32 nitrogen and oxygen atoms in total. The van der Waals surface area contributed by atoms with Crippen molar-refractivity contribution < 1.29 is 155 Å². The van der Waals surface area contributed by atoms with Crippen LogP contribution in [0.15, 0.2) is 95.7 Å². The summed E-state index contributed by atoms with van der Waals surface area (Å²) in [6.07, 6.45) is 0.588. The summed E-state index contributed by atoms with van der Waals surface area (Å²) in [7, 11) is 2.35. The molecule has 0 aliphatic carbocycles. The lowest BCUT2D eigenvalue weighted by Gasteiger charge is -2.53. The van der Waals surface area contributed by atoms with Gasteiger partial charge in [-0.3, -0.25) is 19.2 Å². The highest BCUT2D eigenvalue weighted by Crippen LogP contribution is 2.54. The highest BCUT2D eigenvalue weighted by atomic mass is 16.7. The third kappa shape index (κ3) is 26.5. The van der Waals surface area contributed by atoms with E-state index < -0.39 is 215 Å². The number of aliphatic hydroxyl groups is 8. The van der Waals surface area contributed by atoms with Gasteiger partial charge in [-0.05, 0) is 83.8 Å². The van der Waals surface area contributed by atoms with Crippen LogP contribution in [0.1, 0.15) is 219 Å². The van der Waals surface area contributed by atoms with Crippen molar-refractivity contribution in [3.05, 3.63) is 95.7 Å². The Morgan fingerprint density at radius 2 is 0.992 bits per heavy atom. The number of ether oxygens (including phenoxy) is 14. The third-order valence-corrected chi connectivity index (χ3v) is 23.5. The van der Waals surface area contributed by atoms with Crippen LogP contribution in [0.25, 0.3) is 0 Å². The Hall–Kier alpha value is -7.94. The van der Waals surface area contributed by atoms with Crippen LogP contribution in [0.4, 0.5) is 0 Å². The van der Waals surface area contributed by atoms with Gasteiger partial charge in [0.1, 0.15) is 24.4 Å². The standard InChI is InChI=1S/C46H68O15.C41H58O15.CO2/c1-10-12-13-14-15-16-39(50)59-42-31(22-40(51)55-9)21-34-25-37(28(3)47)58-41(52)24-32(49)23-35-26-38(56-29(4)48)44(7,8)45(53,60-35)27-36-20-30(11-2)19-33(57-36)17-18-43(5,6)46(42,54)61-34;1-10-11-34(45)54-37-26(17-35(46)50-9)16-29-20-32(24(3)42)53-36(47)19-27(44)18-30-21-33(51-25(4)43)39(7,8)40(48,55-30)22-31-15-23(2)14-28(52-31)12-13-38(5,6)41(37,49)56-29;2-1-3/h11,13-18,22,28,32-38,42,47,49,53-54H,10,12,19-21,23-27H2,1-9H3;12-13,17,24,27-33,37,42,44,48-49H,2,14-16,18-22H2,1,3-9H3;/b14-13+,16-15+,18-17+,30-11-,31-22+;13-12+,26-17+;/t28-,32+,33+,34+,35-,36+,37-,38+,42+,45+,46-;24-,27+,28+,29+,30-,31+,32-,33+,37+,40+,41-;/m11./s1. The number of methoxy groups -OCH3 is 2. The largest absolute Gasteiger partial charge is 0.466 e. The molecule has 32 heteroatoms. The molecule has 8 heterocycles. The average Bonchev–Trinajstić information content (AvgIpc) is 0.758. The number of allylic oxidation sites excluding steroid dienone is 4. The normalized spacial score (nSPS) is 36.7. The molecule has 8 N–H and O–H groups in total. The lowest BCUT2D eigenvalue weighted by Crippen LogP contribution is -2.62. The first-order chi connectivity index (χ1) is 56.0. The molecule has 0 spiro atoms. The van der Waals surface area contributed by atoms with E-state index in [4.69, 9.17) is 75.9 Å². The lowest BCUT2D eigenvalue weighted by atomic mass is 9.70. The molecule has 0 amide bonds. The summed E-state index contributed by atoms with van der Waals surface area (Å²) >= 11 is 0. The number of unbranched alkanes of at least 4 members (excludes halogenated alkanes) is 1. The van der Waals surface area contributed by atoms with Crippen LogP contribution >= 0.6 is 0 Å². The minimum absolute atomic E-state index is 0.0524.